The minimum absolute atomic E-state index is 0.171. The van der Waals surface area contributed by atoms with Crippen molar-refractivity contribution in [3.05, 3.63) is 82.5 Å². The number of hydrogen-bond donors (Lipinski definition) is 3. The first kappa shape index (κ1) is 20.6. The maximum absolute atomic E-state index is 13.0. The van der Waals surface area contributed by atoms with Crippen LogP contribution in [0, 0.1) is 5.82 Å². The first-order chi connectivity index (χ1) is 13.7. The number of benzene rings is 2. The van der Waals surface area contributed by atoms with E-state index in [9.17, 15) is 22.4 Å². The maximum Gasteiger partial charge on any atom is 0.279 e. The molecule has 150 valence electrons. The van der Waals surface area contributed by atoms with Gasteiger partial charge < -0.3 is 0 Å². The normalized spacial score (nSPS) is 11.1. The second kappa shape index (κ2) is 8.52. The summed E-state index contributed by atoms with van der Waals surface area (Å²) in [5, 5.41) is 5.01. The molecule has 2 aromatic carbocycles. The molecule has 0 atom stereocenters. The minimum atomic E-state index is -3.73. The number of hydrazine groups is 1. The van der Waals surface area contributed by atoms with Gasteiger partial charge in [-0.25, -0.2) is 17.9 Å². The van der Waals surface area contributed by atoms with Crippen molar-refractivity contribution in [3.63, 3.8) is 0 Å². The fourth-order valence-corrected chi connectivity index (χ4v) is 4.06. The molecule has 0 aliphatic heterocycles. The van der Waals surface area contributed by atoms with Gasteiger partial charge >= 0.3 is 0 Å². The Morgan fingerprint density at radius 1 is 0.966 bits per heavy atom. The van der Waals surface area contributed by atoms with Crippen LogP contribution in [0.15, 0.2) is 60.7 Å². The molecule has 1 aromatic heterocycles. The Kier molecular flexibility index (Phi) is 6.06. The first-order valence-electron chi connectivity index (χ1n) is 8.27. The predicted octanol–water partition coefficient (Wildman–Crippen LogP) is 2.42. The number of sulfonamides is 1. The molecule has 0 bridgehead atoms. The van der Waals surface area contributed by atoms with E-state index in [2.05, 4.69) is 10.9 Å². The molecule has 0 saturated heterocycles. The summed E-state index contributed by atoms with van der Waals surface area (Å²) in [5.41, 5.74) is 5.89. The molecule has 2 amide bonds. The number of amides is 2. The summed E-state index contributed by atoms with van der Waals surface area (Å²) in [6, 6.07) is 15.1. The van der Waals surface area contributed by atoms with E-state index in [4.69, 9.17) is 5.14 Å². The van der Waals surface area contributed by atoms with Crippen molar-refractivity contribution in [2.24, 2.45) is 5.14 Å². The number of halogens is 1. The van der Waals surface area contributed by atoms with E-state index in [1.807, 2.05) is 0 Å². The Morgan fingerprint density at radius 3 is 2.34 bits per heavy atom. The molecular formula is C19H16FN3O4S2. The van der Waals surface area contributed by atoms with Crippen molar-refractivity contribution in [2.75, 3.05) is 0 Å². The number of carbonyl (C=O) groups excluding carboxylic acids is 2. The zero-order valence-corrected chi connectivity index (χ0v) is 16.5. The maximum atomic E-state index is 13.0. The quantitative estimate of drug-likeness (QED) is 0.536. The van der Waals surface area contributed by atoms with Crippen LogP contribution in [0.3, 0.4) is 0 Å². The van der Waals surface area contributed by atoms with Gasteiger partial charge in [0.25, 0.3) is 11.8 Å². The summed E-state index contributed by atoms with van der Waals surface area (Å²) in [4.78, 5) is 25.6. The van der Waals surface area contributed by atoms with Gasteiger partial charge in [0.05, 0.1) is 10.6 Å². The largest absolute Gasteiger partial charge is 0.279 e. The summed E-state index contributed by atoms with van der Waals surface area (Å²) in [7, 11) is -3.73. The van der Waals surface area contributed by atoms with E-state index >= 15 is 0 Å². The lowest BCUT2D eigenvalue weighted by Crippen LogP contribution is -2.41. The van der Waals surface area contributed by atoms with Crippen LogP contribution in [0.4, 0.5) is 4.39 Å². The molecule has 3 aromatic rings. The summed E-state index contributed by atoms with van der Waals surface area (Å²) >= 11 is 1.19. The minimum Gasteiger partial charge on any atom is -0.267 e. The third kappa shape index (κ3) is 5.70. The molecule has 7 nitrogen and oxygen atoms in total. The number of nitrogens with one attached hydrogen (secondary N) is 2. The van der Waals surface area contributed by atoms with Crippen LogP contribution >= 0.6 is 11.3 Å². The van der Waals surface area contributed by atoms with E-state index in [1.165, 1.54) is 47.7 Å². The summed E-state index contributed by atoms with van der Waals surface area (Å²) < 4.78 is 35.4. The van der Waals surface area contributed by atoms with E-state index < -0.39 is 27.6 Å². The number of nitrogens with two attached hydrogens (primary N) is 1. The van der Waals surface area contributed by atoms with Crippen molar-refractivity contribution in [1.29, 1.82) is 0 Å². The number of hydrogen-bond acceptors (Lipinski definition) is 5. The number of primary sulfonamides is 1. The molecule has 1 heterocycles. The molecule has 4 N–H and O–H groups in total. The van der Waals surface area contributed by atoms with Crippen LogP contribution in [0.1, 0.15) is 25.6 Å². The predicted molar refractivity (Wildman–Crippen MR) is 108 cm³/mol. The Hall–Kier alpha value is -3.08. The molecule has 0 fully saturated rings. The fourth-order valence-electron chi connectivity index (χ4n) is 2.51. The van der Waals surface area contributed by atoms with Crippen LogP contribution in [0.25, 0.3) is 10.4 Å². The Balaban J connectivity index is 1.63. The zero-order valence-electron chi connectivity index (χ0n) is 14.9. The Labute approximate surface area is 170 Å². The molecule has 3 rings (SSSR count). The third-order valence-corrected chi connectivity index (χ3v) is 5.67. The van der Waals surface area contributed by atoms with Crippen LogP contribution in [0.5, 0.6) is 0 Å². The van der Waals surface area contributed by atoms with Gasteiger partial charge in [-0.15, -0.1) is 11.3 Å². The highest BCUT2D eigenvalue weighted by molar-refractivity contribution is 7.88. The lowest BCUT2D eigenvalue weighted by molar-refractivity contribution is 0.0849. The molecule has 0 unspecified atom stereocenters. The smallest absolute Gasteiger partial charge is 0.267 e. The van der Waals surface area contributed by atoms with Gasteiger partial charge in [0.15, 0.2) is 0 Å². The van der Waals surface area contributed by atoms with Gasteiger partial charge in [0.1, 0.15) is 5.82 Å². The fraction of sp³-hybridized carbons (Fsp3) is 0.0526. The monoisotopic (exact) mass is 433 g/mol. The highest BCUT2D eigenvalue weighted by Gasteiger charge is 2.13. The highest BCUT2D eigenvalue weighted by atomic mass is 32.2. The summed E-state index contributed by atoms with van der Waals surface area (Å²) in [5.74, 6) is -1.87. The lowest BCUT2D eigenvalue weighted by Gasteiger charge is -2.07. The average Bonchev–Trinajstić information content (AvgIpc) is 3.15. The Bertz CT molecular complexity index is 1160. The van der Waals surface area contributed by atoms with Gasteiger partial charge in [0.2, 0.25) is 10.0 Å². The van der Waals surface area contributed by atoms with Crippen LogP contribution in [0.2, 0.25) is 0 Å². The SMILES string of the molecule is NS(=O)(=O)Cc1cccc(C(=O)NNC(=O)c2ccc(-c3ccc(F)cc3)s2)c1. The van der Waals surface area contributed by atoms with E-state index in [0.717, 1.165) is 10.4 Å². The molecule has 0 spiro atoms. The van der Waals surface area contributed by atoms with Gasteiger partial charge in [-0.3, -0.25) is 20.4 Å². The van der Waals surface area contributed by atoms with Gasteiger partial charge in [0, 0.05) is 10.4 Å². The van der Waals surface area contributed by atoms with Crippen molar-refractivity contribution >= 4 is 33.2 Å². The van der Waals surface area contributed by atoms with Crippen molar-refractivity contribution in [3.8, 4) is 10.4 Å². The standard InChI is InChI=1S/C19H16FN3O4S2/c20-15-6-4-13(5-7-15)16-8-9-17(28-16)19(25)23-22-18(24)14-3-1-2-12(10-14)11-29(21,26)27/h1-10H,11H2,(H,22,24)(H,23,25)(H2,21,26,27). The number of thiophene rings is 1. The van der Waals surface area contributed by atoms with E-state index in [1.54, 1.807) is 24.3 Å². The van der Waals surface area contributed by atoms with Crippen LogP contribution < -0.4 is 16.0 Å². The molecule has 0 radical (unpaired) electrons. The molecule has 0 saturated carbocycles. The molecule has 29 heavy (non-hydrogen) atoms. The lowest BCUT2D eigenvalue weighted by atomic mass is 10.1. The highest BCUT2D eigenvalue weighted by Crippen LogP contribution is 2.28. The van der Waals surface area contributed by atoms with Gasteiger partial charge in [-0.1, -0.05) is 24.3 Å². The second-order valence-corrected chi connectivity index (χ2v) is 8.78. The van der Waals surface area contributed by atoms with Crippen molar-refractivity contribution in [2.45, 2.75) is 5.75 Å². The molecule has 10 heteroatoms. The van der Waals surface area contributed by atoms with Gasteiger partial charge in [-0.05, 0) is 47.5 Å². The second-order valence-electron chi connectivity index (χ2n) is 6.09. The number of carbonyl (C=O) groups is 2. The van der Waals surface area contributed by atoms with Crippen molar-refractivity contribution < 1.29 is 22.4 Å². The van der Waals surface area contributed by atoms with Gasteiger partial charge in [-0.2, -0.15) is 0 Å². The third-order valence-electron chi connectivity index (χ3n) is 3.81. The molecule has 0 aliphatic carbocycles. The molecular weight excluding hydrogens is 417 g/mol. The number of rotatable bonds is 5. The topological polar surface area (TPSA) is 118 Å². The van der Waals surface area contributed by atoms with Crippen LogP contribution in [-0.2, 0) is 15.8 Å². The van der Waals surface area contributed by atoms with E-state index in [-0.39, 0.29) is 11.4 Å². The first-order valence-corrected chi connectivity index (χ1v) is 10.8. The van der Waals surface area contributed by atoms with Crippen LogP contribution in [-0.4, -0.2) is 20.2 Å². The Morgan fingerprint density at radius 2 is 1.66 bits per heavy atom. The summed E-state index contributed by atoms with van der Waals surface area (Å²) in [6.07, 6.45) is 0. The summed E-state index contributed by atoms with van der Waals surface area (Å²) in [6.45, 7) is 0. The average molecular weight is 433 g/mol. The van der Waals surface area contributed by atoms with E-state index in [0.29, 0.717) is 10.4 Å². The van der Waals surface area contributed by atoms with Crippen molar-refractivity contribution in [1.82, 2.24) is 10.9 Å². The zero-order chi connectivity index (χ0) is 21.0. The molecule has 0 aliphatic rings.